The monoisotopic (exact) mass is 380 g/mol. The average molecular weight is 380 g/mol. The van der Waals surface area contributed by atoms with Crippen LogP contribution in [-0.4, -0.2) is 25.7 Å². The standard InChI is InChI=1S/C19H16F4N2O2/c1-10-7-13-15(8-14(10)25-9-19(21,22)23)27-17(16(13)18(26)24-2)11-3-5-12(20)6-4-11/h3-8,25H,9H2,1-2H3,(H,24,26). The van der Waals surface area contributed by atoms with Crippen molar-refractivity contribution < 1.29 is 26.8 Å². The van der Waals surface area contributed by atoms with Gasteiger partial charge in [0, 0.05) is 29.8 Å². The van der Waals surface area contributed by atoms with Gasteiger partial charge in [-0.2, -0.15) is 13.2 Å². The first-order chi connectivity index (χ1) is 12.7. The zero-order chi connectivity index (χ0) is 19.8. The lowest BCUT2D eigenvalue weighted by Gasteiger charge is -2.11. The Hall–Kier alpha value is -3.03. The van der Waals surface area contributed by atoms with Crippen molar-refractivity contribution in [3.05, 3.63) is 53.3 Å². The number of hydrogen-bond acceptors (Lipinski definition) is 3. The Balaban J connectivity index is 2.15. The van der Waals surface area contributed by atoms with Crippen LogP contribution in [0.1, 0.15) is 15.9 Å². The smallest absolute Gasteiger partial charge is 0.405 e. The van der Waals surface area contributed by atoms with Crippen LogP contribution in [0.4, 0.5) is 23.2 Å². The van der Waals surface area contributed by atoms with Crippen LogP contribution >= 0.6 is 0 Å². The number of fused-ring (bicyclic) bond motifs is 1. The largest absolute Gasteiger partial charge is 0.455 e. The Morgan fingerprint density at radius 1 is 1.15 bits per heavy atom. The minimum Gasteiger partial charge on any atom is -0.455 e. The van der Waals surface area contributed by atoms with Gasteiger partial charge in [0.1, 0.15) is 23.7 Å². The molecule has 0 aliphatic rings. The Bertz CT molecular complexity index is 992. The maximum atomic E-state index is 13.2. The van der Waals surface area contributed by atoms with Crippen LogP contribution in [-0.2, 0) is 0 Å². The van der Waals surface area contributed by atoms with Gasteiger partial charge in [0.2, 0.25) is 0 Å². The summed E-state index contributed by atoms with van der Waals surface area (Å²) < 4.78 is 56.5. The Morgan fingerprint density at radius 2 is 1.81 bits per heavy atom. The molecule has 0 bridgehead atoms. The molecule has 27 heavy (non-hydrogen) atoms. The zero-order valence-corrected chi connectivity index (χ0v) is 14.5. The lowest BCUT2D eigenvalue weighted by atomic mass is 10.0. The van der Waals surface area contributed by atoms with E-state index in [2.05, 4.69) is 10.6 Å². The van der Waals surface area contributed by atoms with Crippen molar-refractivity contribution in [2.45, 2.75) is 13.1 Å². The molecular formula is C19H16F4N2O2. The molecule has 1 aromatic heterocycles. The molecule has 0 saturated carbocycles. The summed E-state index contributed by atoms with van der Waals surface area (Å²) in [6.07, 6.45) is -4.36. The van der Waals surface area contributed by atoms with Crippen LogP contribution < -0.4 is 10.6 Å². The van der Waals surface area contributed by atoms with E-state index in [1.54, 1.807) is 13.0 Å². The van der Waals surface area contributed by atoms with Crippen LogP contribution in [0.2, 0.25) is 0 Å². The summed E-state index contributed by atoms with van der Waals surface area (Å²) in [7, 11) is 1.46. The number of anilines is 1. The molecule has 3 aromatic rings. The lowest BCUT2D eigenvalue weighted by Crippen LogP contribution is -2.21. The van der Waals surface area contributed by atoms with Crippen LogP contribution in [0.5, 0.6) is 0 Å². The number of aryl methyl sites for hydroxylation is 1. The van der Waals surface area contributed by atoms with E-state index in [4.69, 9.17) is 4.42 Å². The molecule has 0 saturated heterocycles. The molecule has 8 heteroatoms. The number of nitrogens with one attached hydrogen (secondary N) is 2. The normalized spacial score (nSPS) is 11.6. The molecule has 3 rings (SSSR count). The van der Waals surface area contributed by atoms with E-state index in [1.807, 2.05) is 0 Å². The topological polar surface area (TPSA) is 54.3 Å². The molecule has 142 valence electrons. The highest BCUT2D eigenvalue weighted by atomic mass is 19.4. The van der Waals surface area contributed by atoms with E-state index in [-0.39, 0.29) is 22.6 Å². The van der Waals surface area contributed by atoms with Gasteiger partial charge < -0.3 is 15.1 Å². The second kappa shape index (κ2) is 6.94. The molecule has 0 unspecified atom stereocenters. The first kappa shape index (κ1) is 18.8. The fourth-order valence-electron chi connectivity index (χ4n) is 2.79. The fourth-order valence-corrected chi connectivity index (χ4v) is 2.79. The highest BCUT2D eigenvalue weighted by Gasteiger charge is 2.27. The summed E-state index contributed by atoms with van der Waals surface area (Å²) in [6.45, 7) is 0.448. The molecule has 0 fully saturated rings. The predicted octanol–water partition coefficient (Wildman–Crippen LogP) is 4.88. The molecule has 0 aliphatic heterocycles. The lowest BCUT2D eigenvalue weighted by molar-refractivity contribution is -0.115. The van der Waals surface area contributed by atoms with Crippen molar-refractivity contribution in [3.63, 3.8) is 0 Å². The van der Waals surface area contributed by atoms with E-state index in [0.29, 0.717) is 16.5 Å². The van der Waals surface area contributed by atoms with Crippen LogP contribution in [0.15, 0.2) is 40.8 Å². The number of carbonyl (C=O) groups is 1. The third kappa shape index (κ3) is 3.89. The minimum atomic E-state index is -4.36. The molecule has 1 amide bonds. The van der Waals surface area contributed by atoms with E-state index < -0.39 is 24.4 Å². The fraction of sp³-hybridized carbons (Fsp3) is 0.211. The van der Waals surface area contributed by atoms with Gasteiger partial charge in [0.05, 0.1) is 5.56 Å². The number of benzene rings is 2. The maximum absolute atomic E-state index is 13.2. The molecule has 0 atom stereocenters. The summed E-state index contributed by atoms with van der Waals surface area (Å²) in [6, 6.07) is 8.42. The van der Waals surface area contributed by atoms with Crippen molar-refractivity contribution in [1.29, 1.82) is 0 Å². The third-order valence-electron chi connectivity index (χ3n) is 4.07. The Labute approximate surface area is 152 Å². The van der Waals surface area contributed by atoms with Crippen LogP contribution in [0.25, 0.3) is 22.3 Å². The van der Waals surface area contributed by atoms with Crippen molar-refractivity contribution in [2.75, 3.05) is 18.9 Å². The number of amides is 1. The summed E-state index contributed by atoms with van der Waals surface area (Å²) in [5.74, 6) is -0.633. The molecular weight excluding hydrogens is 364 g/mol. The summed E-state index contributed by atoms with van der Waals surface area (Å²) in [4.78, 5) is 12.4. The molecule has 0 spiro atoms. The zero-order valence-electron chi connectivity index (χ0n) is 14.5. The van der Waals surface area contributed by atoms with Gasteiger partial charge in [-0.05, 0) is 42.8 Å². The molecule has 2 aromatic carbocycles. The van der Waals surface area contributed by atoms with E-state index >= 15 is 0 Å². The number of alkyl halides is 3. The van der Waals surface area contributed by atoms with Crippen molar-refractivity contribution >= 4 is 22.6 Å². The molecule has 0 aliphatic carbocycles. The second-order valence-corrected chi connectivity index (χ2v) is 6.02. The van der Waals surface area contributed by atoms with Crippen molar-refractivity contribution in [2.24, 2.45) is 0 Å². The molecule has 4 nitrogen and oxygen atoms in total. The first-order valence-electron chi connectivity index (χ1n) is 8.05. The van der Waals surface area contributed by atoms with Crippen molar-refractivity contribution in [1.82, 2.24) is 5.32 Å². The Kier molecular flexibility index (Phi) is 4.82. The van der Waals surface area contributed by atoms with Crippen LogP contribution in [0.3, 0.4) is 0 Å². The molecule has 1 heterocycles. The number of rotatable bonds is 4. The summed E-state index contributed by atoms with van der Waals surface area (Å²) in [5, 5.41) is 5.31. The molecule has 0 radical (unpaired) electrons. The van der Waals surface area contributed by atoms with Crippen molar-refractivity contribution in [3.8, 4) is 11.3 Å². The third-order valence-corrected chi connectivity index (χ3v) is 4.07. The highest BCUT2D eigenvalue weighted by Crippen LogP contribution is 2.36. The number of hydrogen-bond donors (Lipinski definition) is 2. The quantitative estimate of drug-likeness (QED) is 0.634. The predicted molar refractivity (Wildman–Crippen MR) is 94.3 cm³/mol. The average Bonchev–Trinajstić information content (AvgIpc) is 2.97. The Morgan fingerprint density at radius 3 is 2.41 bits per heavy atom. The van der Waals surface area contributed by atoms with Gasteiger partial charge in [-0.1, -0.05) is 0 Å². The minimum absolute atomic E-state index is 0.219. The van der Waals surface area contributed by atoms with E-state index in [0.717, 1.165) is 0 Å². The highest BCUT2D eigenvalue weighted by molar-refractivity contribution is 6.11. The van der Waals surface area contributed by atoms with Gasteiger partial charge in [0.15, 0.2) is 0 Å². The van der Waals surface area contributed by atoms with Gasteiger partial charge in [-0.25, -0.2) is 4.39 Å². The number of halogens is 4. The van der Waals surface area contributed by atoms with Gasteiger partial charge in [-0.3, -0.25) is 4.79 Å². The van der Waals surface area contributed by atoms with Gasteiger partial charge in [0.25, 0.3) is 5.91 Å². The number of carbonyl (C=O) groups excluding carboxylic acids is 1. The van der Waals surface area contributed by atoms with E-state index in [9.17, 15) is 22.4 Å². The van der Waals surface area contributed by atoms with Crippen LogP contribution in [0, 0.1) is 12.7 Å². The maximum Gasteiger partial charge on any atom is 0.405 e. The number of furan rings is 1. The van der Waals surface area contributed by atoms with Gasteiger partial charge in [-0.15, -0.1) is 0 Å². The van der Waals surface area contributed by atoms with E-state index in [1.165, 1.54) is 37.4 Å². The summed E-state index contributed by atoms with van der Waals surface area (Å²) >= 11 is 0. The second-order valence-electron chi connectivity index (χ2n) is 6.02. The SMILES string of the molecule is CNC(=O)c1c(-c2ccc(F)cc2)oc2cc(NCC(F)(F)F)c(C)cc12. The van der Waals surface area contributed by atoms with Gasteiger partial charge >= 0.3 is 6.18 Å². The first-order valence-corrected chi connectivity index (χ1v) is 8.05. The molecule has 2 N–H and O–H groups in total. The summed E-state index contributed by atoms with van der Waals surface area (Å²) in [5.41, 5.74) is 1.76.